The van der Waals surface area contributed by atoms with Crippen molar-refractivity contribution < 1.29 is 14.6 Å². The van der Waals surface area contributed by atoms with Crippen LogP contribution in [0.3, 0.4) is 0 Å². The third kappa shape index (κ3) is 4.27. The van der Waals surface area contributed by atoms with E-state index in [1.165, 1.54) is 19.3 Å². The molecule has 3 nitrogen and oxygen atoms in total. The molecule has 1 rings (SSSR count). The van der Waals surface area contributed by atoms with E-state index < -0.39 is 5.97 Å². The number of aliphatic carboxylic acids is 1. The van der Waals surface area contributed by atoms with Crippen molar-refractivity contribution in [2.24, 2.45) is 5.92 Å². The topological polar surface area (TPSA) is 46.5 Å². The van der Waals surface area contributed by atoms with Crippen LogP contribution in [-0.2, 0) is 9.53 Å². The minimum atomic E-state index is -0.781. The van der Waals surface area contributed by atoms with E-state index in [1.807, 2.05) is 6.92 Å². The molecule has 0 amide bonds. The van der Waals surface area contributed by atoms with Crippen molar-refractivity contribution in [3.05, 3.63) is 0 Å². The molecular formula is C10H18O3. The van der Waals surface area contributed by atoms with Crippen LogP contribution in [0.1, 0.15) is 39.0 Å². The van der Waals surface area contributed by atoms with Gasteiger partial charge in [-0.2, -0.15) is 0 Å². The van der Waals surface area contributed by atoms with Gasteiger partial charge in [0.15, 0.2) is 0 Å². The molecule has 0 aromatic heterocycles. The Balaban J connectivity index is 1.94. The average molecular weight is 186 g/mol. The van der Waals surface area contributed by atoms with Crippen molar-refractivity contribution in [2.75, 3.05) is 6.61 Å². The SMILES string of the molecule is C[C@@H](CC(=O)O)OCCC1CCC1. The van der Waals surface area contributed by atoms with E-state index in [9.17, 15) is 4.79 Å². The maximum absolute atomic E-state index is 10.3. The fourth-order valence-corrected chi connectivity index (χ4v) is 1.52. The van der Waals surface area contributed by atoms with Crippen LogP contribution in [0, 0.1) is 5.92 Å². The largest absolute Gasteiger partial charge is 0.481 e. The second kappa shape index (κ2) is 5.22. The molecule has 0 saturated heterocycles. The molecule has 76 valence electrons. The fraction of sp³-hybridized carbons (Fsp3) is 0.900. The minimum absolute atomic E-state index is 0.116. The number of carbonyl (C=O) groups is 1. The van der Waals surface area contributed by atoms with E-state index in [0.29, 0.717) is 0 Å². The van der Waals surface area contributed by atoms with Crippen LogP contribution in [-0.4, -0.2) is 23.8 Å². The lowest BCUT2D eigenvalue weighted by Gasteiger charge is -2.25. The Morgan fingerprint density at radius 2 is 2.31 bits per heavy atom. The number of hydrogen-bond acceptors (Lipinski definition) is 2. The maximum Gasteiger partial charge on any atom is 0.305 e. The zero-order valence-corrected chi connectivity index (χ0v) is 8.16. The second-order valence-electron chi connectivity index (χ2n) is 3.86. The lowest BCUT2D eigenvalue weighted by molar-refractivity contribution is -0.139. The summed E-state index contributed by atoms with van der Waals surface area (Å²) in [5, 5.41) is 8.47. The minimum Gasteiger partial charge on any atom is -0.481 e. The predicted molar refractivity (Wildman–Crippen MR) is 49.6 cm³/mol. The average Bonchev–Trinajstić information content (AvgIpc) is 1.92. The third-order valence-electron chi connectivity index (χ3n) is 2.62. The molecule has 0 aromatic carbocycles. The number of carboxylic acid groups (broad SMARTS) is 1. The summed E-state index contributed by atoms with van der Waals surface area (Å²) in [6.45, 7) is 2.54. The molecule has 1 aliphatic carbocycles. The van der Waals surface area contributed by atoms with Crippen LogP contribution in [0.15, 0.2) is 0 Å². The molecule has 1 N–H and O–H groups in total. The van der Waals surface area contributed by atoms with Crippen LogP contribution in [0.2, 0.25) is 0 Å². The molecule has 0 radical (unpaired) electrons. The van der Waals surface area contributed by atoms with E-state index in [4.69, 9.17) is 9.84 Å². The van der Waals surface area contributed by atoms with Gasteiger partial charge in [-0.1, -0.05) is 19.3 Å². The Morgan fingerprint density at radius 1 is 1.62 bits per heavy atom. The van der Waals surface area contributed by atoms with Gasteiger partial charge in [0.25, 0.3) is 0 Å². The van der Waals surface area contributed by atoms with Gasteiger partial charge in [0.05, 0.1) is 12.5 Å². The van der Waals surface area contributed by atoms with Crippen molar-refractivity contribution in [3.63, 3.8) is 0 Å². The fourth-order valence-electron chi connectivity index (χ4n) is 1.52. The first-order valence-corrected chi connectivity index (χ1v) is 5.02. The first-order chi connectivity index (χ1) is 6.18. The highest BCUT2D eigenvalue weighted by Gasteiger charge is 2.17. The van der Waals surface area contributed by atoms with Gasteiger partial charge >= 0.3 is 5.97 Å². The van der Waals surface area contributed by atoms with Crippen LogP contribution in [0.25, 0.3) is 0 Å². The number of ether oxygens (including phenoxy) is 1. The third-order valence-corrected chi connectivity index (χ3v) is 2.62. The molecule has 0 aromatic rings. The van der Waals surface area contributed by atoms with Crippen molar-refractivity contribution in [1.82, 2.24) is 0 Å². The highest BCUT2D eigenvalue weighted by molar-refractivity contribution is 5.67. The Bertz CT molecular complexity index is 164. The molecule has 1 aliphatic rings. The lowest BCUT2D eigenvalue weighted by atomic mass is 9.83. The van der Waals surface area contributed by atoms with Gasteiger partial charge in [-0.25, -0.2) is 0 Å². The molecule has 1 atom stereocenters. The smallest absolute Gasteiger partial charge is 0.305 e. The van der Waals surface area contributed by atoms with Gasteiger partial charge in [0.1, 0.15) is 0 Å². The summed E-state index contributed by atoms with van der Waals surface area (Å²) in [6.07, 6.45) is 5.09. The van der Waals surface area contributed by atoms with E-state index in [-0.39, 0.29) is 12.5 Å². The molecule has 0 aliphatic heterocycles. The normalized spacial score (nSPS) is 19.5. The quantitative estimate of drug-likeness (QED) is 0.690. The Hall–Kier alpha value is -0.570. The van der Waals surface area contributed by atoms with Crippen LogP contribution >= 0.6 is 0 Å². The van der Waals surface area contributed by atoms with E-state index in [2.05, 4.69) is 0 Å². The van der Waals surface area contributed by atoms with Crippen molar-refractivity contribution in [3.8, 4) is 0 Å². The first kappa shape index (κ1) is 10.5. The number of rotatable bonds is 6. The summed E-state index contributed by atoms with van der Waals surface area (Å²) in [6, 6.07) is 0. The monoisotopic (exact) mass is 186 g/mol. The summed E-state index contributed by atoms with van der Waals surface area (Å²) >= 11 is 0. The molecule has 0 bridgehead atoms. The lowest BCUT2D eigenvalue weighted by Crippen LogP contribution is -2.18. The molecule has 1 fully saturated rings. The molecule has 1 saturated carbocycles. The first-order valence-electron chi connectivity index (χ1n) is 5.02. The zero-order chi connectivity index (χ0) is 9.68. The Kier molecular flexibility index (Phi) is 4.22. The highest BCUT2D eigenvalue weighted by Crippen LogP contribution is 2.29. The van der Waals surface area contributed by atoms with Gasteiger partial charge in [-0.15, -0.1) is 0 Å². The zero-order valence-electron chi connectivity index (χ0n) is 8.16. The molecular weight excluding hydrogens is 168 g/mol. The second-order valence-corrected chi connectivity index (χ2v) is 3.86. The summed E-state index contributed by atoms with van der Waals surface area (Å²) in [7, 11) is 0. The van der Waals surface area contributed by atoms with Crippen LogP contribution in [0.5, 0.6) is 0 Å². The van der Waals surface area contributed by atoms with Gasteiger partial charge in [-0.3, -0.25) is 4.79 Å². The summed E-state index contributed by atoms with van der Waals surface area (Å²) in [4.78, 5) is 10.3. The van der Waals surface area contributed by atoms with Gasteiger partial charge in [0.2, 0.25) is 0 Å². The molecule has 0 spiro atoms. The van der Waals surface area contributed by atoms with E-state index in [1.54, 1.807) is 0 Å². The molecule has 0 unspecified atom stereocenters. The molecule has 3 heteroatoms. The molecule has 13 heavy (non-hydrogen) atoms. The highest BCUT2D eigenvalue weighted by atomic mass is 16.5. The Labute approximate surface area is 79.1 Å². The molecule has 0 heterocycles. The van der Waals surface area contributed by atoms with E-state index in [0.717, 1.165) is 18.9 Å². The van der Waals surface area contributed by atoms with Gasteiger partial charge in [0, 0.05) is 6.61 Å². The summed E-state index contributed by atoms with van der Waals surface area (Å²) in [5.74, 6) is 0.0631. The van der Waals surface area contributed by atoms with Gasteiger partial charge < -0.3 is 9.84 Å². The Morgan fingerprint density at radius 3 is 2.77 bits per heavy atom. The van der Waals surface area contributed by atoms with Crippen LogP contribution < -0.4 is 0 Å². The number of carboxylic acids is 1. The van der Waals surface area contributed by atoms with Crippen LogP contribution in [0.4, 0.5) is 0 Å². The number of hydrogen-bond donors (Lipinski definition) is 1. The maximum atomic E-state index is 10.3. The van der Waals surface area contributed by atoms with Crippen molar-refractivity contribution >= 4 is 5.97 Å². The summed E-state index contributed by atoms with van der Waals surface area (Å²) in [5.41, 5.74) is 0. The van der Waals surface area contributed by atoms with E-state index >= 15 is 0 Å². The predicted octanol–water partition coefficient (Wildman–Crippen LogP) is 2.06. The summed E-state index contributed by atoms with van der Waals surface area (Å²) < 4.78 is 5.38. The van der Waals surface area contributed by atoms with Gasteiger partial charge in [-0.05, 0) is 19.3 Å². The van der Waals surface area contributed by atoms with Crippen molar-refractivity contribution in [1.29, 1.82) is 0 Å². The standard InChI is InChI=1S/C10H18O3/c1-8(7-10(11)12)13-6-5-9-3-2-4-9/h8-9H,2-7H2,1H3,(H,11,12)/t8-/m0/s1. The van der Waals surface area contributed by atoms with Crippen molar-refractivity contribution in [2.45, 2.75) is 45.1 Å².